The number of hydrogen-bond acceptors (Lipinski definition) is 4. The highest BCUT2D eigenvalue weighted by Crippen LogP contribution is 2.24. The van der Waals surface area contributed by atoms with Gasteiger partial charge in [0.2, 0.25) is 0 Å². The molecule has 1 rings (SSSR count). The Labute approximate surface area is 96.5 Å². The molecule has 1 aromatic rings. The lowest BCUT2D eigenvalue weighted by Gasteiger charge is -2.06. The molecule has 86 valence electrons. The number of nitrogens with zero attached hydrogens (tertiary/aromatic N) is 2. The first-order valence-corrected chi connectivity index (χ1v) is 6.16. The standard InChI is InChI=1S/C11H21N3S/c1-8(2)6-12-7-10-9(3)13-11(15-10)14(4)5/h8,12H,6-7H2,1-5H3. The topological polar surface area (TPSA) is 28.2 Å². The fourth-order valence-electron chi connectivity index (χ4n) is 1.24. The fourth-order valence-corrected chi connectivity index (χ4v) is 2.20. The fraction of sp³-hybridized carbons (Fsp3) is 0.727. The lowest BCUT2D eigenvalue weighted by atomic mass is 10.2. The molecule has 15 heavy (non-hydrogen) atoms. The summed E-state index contributed by atoms with van der Waals surface area (Å²) in [6, 6.07) is 0. The molecule has 0 bridgehead atoms. The van der Waals surface area contributed by atoms with E-state index in [0.29, 0.717) is 5.92 Å². The third-order valence-corrected chi connectivity index (χ3v) is 3.43. The maximum absolute atomic E-state index is 4.51. The van der Waals surface area contributed by atoms with Gasteiger partial charge in [-0.25, -0.2) is 4.98 Å². The molecule has 1 heterocycles. The van der Waals surface area contributed by atoms with Gasteiger partial charge < -0.3 is 10.2 Å². The molecule has 0 unspecified atom stereocenters. The highest BCUT2D eigenvalue weighted by molar-refractivity contribution is 7.15. The minimum atomic E-state index is 0.701. The molecule has 0 aliphatic rings. The van der Waals surface area contributed by atoms with Gasteiger partial charge in [0.05, 0.1) is 5.69 Å². The second-order valence-electron chi connectivity index (χ2n) is 4.42. The first-order chi connectivity index (χ1) is 7.00. The van der Waals surface area contributed by atoms with E-state index < -0.39 is 0 Å². The third-order valence-electron chi connectivity index (χ3n) is 2.10. The molecule has 4 heteroatoms. The Bertz CT molecular complexity index is 305. The number of thiazole rings is 1. The van der Waals surface area contributed by atoms with Crippen LogP contribution >= 0.6 is 11.3 Å². The van der Waals surface area contributed by atoms with Crippen molar-refractivity contribution in [2.45, 2.75) is 27.3 Å². The molecule has 0 aromatic carbocycles. The quantitative estimate of drug-likeness (QED) is 0.836. The molecule has 0 radical (unpaired) electrons. The summed E-state index contributed by atoms with van der Waals surface area (Å²) in [6.45, 7) is 8.52. The van der Waals surface area contributed by atoms with Crippen LogP contribution in [0.3, 0.4) is 0 Å². The van der Waals surface area contributed by atoms with Gasteiger partial charge in [-0.15, -0.1) is 11.3 Å². The van der Waals surface area contributed by atoms with Gasteiger partial charge in [-0.3, -0.25) is 0 Å². The summed E-state index contributed by atoms with van der Waals surface area (Å²) in [5, 5.41) is 4.54. The number of nitrogens with one attached hydrogen (secondary N) is 1. The summed E-state index contributed by atoms with van der Waals surface area (Å²) in [5.41, 5.74) is 1.15. The number of hydrogen-bond donors (Lipinski definition) is 1. The molecule has 0 fully saturated rings. The van der Waals surface area contributed by atoms with Crippen LogP contribution < -0.4 is 10.2 Å². The Balaban J connectivity index is 2.53. The zero-order valence-electron chi connectivity index (χ0n) is 10.3. The van der Waals surface area contributed by atoms with E-state index >= 15 is 0 Å². The molecule has 1 N–H and O–H groups in total. The first-order valence-electron chi connectivity index (χ1n) is 5.35. The molecular weight excluding hydrogens is 206 g/mol. The van der Waals surface area contributed by atoms with Crippen molar-refractivity contribution in [3.63, 3.8) is 0 Å². The third kappa shape index (κ3) is 3.80. The van der Waals surface area contributed by atoms with E-state index in [2.05, 4.69) is 36.0 Å². The summed E-state index contributed by atoms with van der Waals surface area (Å²) in [7, 11) is 4.06. The number of rotatable bonds is 5. The van der Waals surface area contributed by atoms with Gasteiger partial charge in [0.1, 0.15) is 0 Å². The molecule has 0 amide bonds. The van der Waals surface area contributed by atoms with E-state index in [0.717, 1.165) is 23.9 Å². The Morgan fingerprint density at radius 3 is 2.53 bits per heavy atom. The van der Waals surface area contributed by atoms with Crippen molar-refractivity contribution in [1.29, 1.82) is 0 Å². The van der Waals surface area contributed by atoms with Crippen molar-refractivity contribution in [2.75, 3.05) is 25.5 Å². The number of aryl methyl sites for hydroxylation is 1. The van der Waals surface area contributed by atoms with E-state index in [9.17, 15) is 0 Å². The van der Waals surface area contributed by atoms with E-state index in [1.54, 1.807) is 11.3 Å². The van der Waals surface area contributed by atoms with Crippen LogP contribution in [0.2, 0.25) is 0 Å². The summed E-state index contributed by atoms with van der Waals surface area (Å²) in [4.78, 5) is 7.92. The van der Waals surface area contributed by atoms with Crippen molar-refractivity contribution in [1.82, 2.24) is 10.3 Å². The van der Waals surface area contributed by atoms with Crippen LogP contribution in [0, 0.1) is 12.8 Å². The Morgan fingerprint density at radius 2 is 2.07 bits per heavy atom. The van der Waals surface area contributed by atoms with Crippen LogP contribution in [0.15, 0.2) is 0 Å². The molecule has 3 nitrogen and oxygen atoms in total. The van der Waals surface area contributed by atoms with Gasteiger partial charge in [0.15, 0.2) is 5.13 Å². The second kappa shape index (κ2) is 5.47. The van der Waals surface area contributed by atoms with Crippen LogP contribution in [0.25, 0.3) is 0 Å². The SMILES string of the molecule is Cc1nc(N(C)C)sc1CNCC(C)C. The molecular formula is C11H21N3S. The molecule has 0 spiro atoms. The minimum Gasteiger partial charge on any atom is -0.354 e. The largest absolute Gasteiger partial charge is 0.354 e. The molecule has 0 saturated heterocycles. The van der Waals surface area contributed by atoms with Crippen LogP contribution in [0.5, 0.6) is 0 Å². The lowest BCUT2D eigenvalue weighted by molar-refractivity contribution is 0.554. The Morgan fingerprint density at radius 1 is 1.40 bits per heavy atom. The van der Waals surface area contributed by atoms with Gasteiger partial charge in [-0.1, -0.05) is 13.8 Å². The van der Waals surface area contributed by atoms with E-state index in [1.807, 2.05) is 14.1 Å². The summed E-state index contributed by atoms with van der Waals surface area (Å²) < 4.78 is 0. The van der Waals surface area contributed by atoms with E-state index in [1.165, 1.54) is 4.88 Å². The van der Waals surface area contributed by atoms with Crippen molar-refractivity contribution in [3.05, 3.63) is 10.6 Å². The van der Waals surface area contributed by atoms with Gasteiger partial charge >= 0.3 is 0 Å². The second-order valence-corrected chi connectivity index (χ2v) is 5.49. The maximum Gasteiger partial charge on any atom is 0.185 e. The number of aromatic nitrogens is 1. The monoisotopic (exact) mass is 227 g/mol. The van der Waals surface area contributed by atoms with Crippen molar-refractivity contribution in [3.8, 4) is 0 Å². The average molecular weight is 227 g/mol. The smallest absolute Gasteiger partial charge is 0.185 e. The maximum atomic E-state index is 4.51. The van der Waals surface area contributed by atoms with E-state index in [-0.39, 0.29) is 0 Å². The predicted octanol–water partition coefficient (Wildman–Crippen LogP) is 2.26. The number of anilines is 1. The predicted molar refractivity (Wildman–Crippen MR) is 67.7 cm³/mol. The molecule has 0 saturated carbocycles. The van der Waals surface area contributed by atoms with Crippen LogP contribution in [0.4, 0.5) is 5.13 Å². The van der Waals surface area contributed by atoms with Gasteiger partial charge in [-0.05, 0) is 19.4 Å². The first kappa shape index (κ1) is 12.5. The van der Waals surface area contributed by atoms with Gasteiger partial charge in [0.25, 0.3) is 0 Å². The summed E-state index contributed by atoms with van der Waals surface area (Å²) in [5.74, 6) is 0.701. The summed E-state index contributed by atoms with van der Waals surface area (Å²) in [6.07, 6.45) is 0. The van der Waals surface area contributed by atoms with Crippen molar-refractivity contribution < 1.29 is 0 Å². The molecule has 0 aliphatic carbocycles. The molecule has 0 atom stereocenters. The Kier molecular flexibility index (Phi) is 4.54. The highest BCUT2D eigenvalue weighted by Gasteiger charge is 2.08. The summed E-state index contributed by atoms with van der Waals surface area (Å²) >= 11 is 1.77. The van der Waals surface area contributed by atoms with Gasteiger partial charge in [0, 0.05) is 25.5 Å². The van der Waals surface area contributed by atoms with Crippen molar-refractivity contribution >= 4 is 16.5 Å². The van der Waals surface area contributed by atoms with Crippen LogP contribution in [-0.4, -0.2) is 25.6 Å². The Hall–Kier alpha value is -0.610. The van der Waals surface area contributed by atoms with Gasteiger partial charge in [-0.2, -0.15) is 0 Å². The van der Waals surface area contributed by atoms with Crippen molar-refractivity contribution in [2.24, 2.45) is 5.92 Å². The van der Waals surface area contributed by atoms with Crippen LogP contribution in [-0.2, 0) is 6.54 Å². The zero-order valence-corrected chi connectivity index (χ0v) is 11.1. The molecule has 0 aliphatic heterocycles. The molecule has 1 aromatic heterocycles. The zero-order chi connectivity index (χ0) is 11.4. The minimum absolute atomic E-state index is 0.701. The van der Waals surface area contributed by atoms with E-state index in [4.69, 9.17) is 0 Å². The normalized spacial score (nSPS) is 11.1. The average Bonchev–Trinajstić information content (AvgIpc) is 2.47. The van der Waals surface area contributed by atoms with Crippen LogP contribution in [0.1, 0.15) is 24.4 Å². The lowest BCUT2D eigenvalue weighted by Crippen LogP contribution is -2.18. The highest BCUT2D eigenvalue weighted by atomic mass is 32.1.